The van der Waals surface area contributed by atoms with Crippen LogP contribution in [0.25, 0.3) is 0 Å². The zero-order valence-corrected chi connectivity index (χ0v) is 8.87. The van der Waals surface area contributed by atoms with E-state index >= 15 is 0 Å². The lowest BCUT2D eigenvalue weighted by atomic mass is 10.3. The molecular formula is C7H5Br2FO. The van der Waals surface area contributed by atoms with Gasteiger partial charge in [-0.25, -0.2) is 4.39 Å². The average Bonchev–Trinajstić information content (AvgIpc) is 1.99. The molecule has 0 bridgehead atoms. The van der Waals surface area contributed by atoms with Gasteiger partial charge in [-0.15, -0.1) is 0 Å². The Labute approximate surface area is 80.8 Å². The largest absolute Gasteiger partial charge is 0.497 e. The second-order valence-electron chi connectivity index (χ2n) is 1.91. The van der Waals surface area contributed by atoms with Gasteiger partial charge in [-0.1, -0.05) is 0 Å². The Balaban J connectivity index is 3.21. The van der Waals surface area contributed by atoms with Crippen molar-refractivity contribution in [1.82, 2.24) is 0 Å². The fourth-order valence-electron chi connectivity index (χ4n) is 0.650. The lowest BCUT2D eigenvalue weighted by Crippen LogP contribution is -1.85. The Bertz CT molecular complexity index is 252. The molecule has 0 fully saturated rings. The molecule has 4 heteroatoms. The molecule has 0 spiro atoms. The van der Waals surface area contributed by atoms with E-state index in [0.29, 0.717) is 14.7 Å². The molecule has 1 aromatic carbocycles. The Morgan fingerprint density at radius 3 is 2.45 bits per heavy atom. The van der Waals surface area contributed by atoms with Crippen molar-refractivity contribution in [3.63, 3.8) is 0 Å². The summed E-state index contributed by atoms with van der Waals surface area (Å²) < 4.78 is 18.8. The van der Waals surface area contributed by atoms with Crippen LogP contribution in [0.2, 0.25) is 0 Å². The van der Waals surface area contributed by atoms with Gasteiger partial charge >= 0.3 is 0 Å². The fourth-order valence-corrected chi connectivity index (χ4v) is 1.29. The third-order valence-corrected chi connectivity index (χ3v) is 3.16. The van der Waals surface area contributed by atoms with Crippen molar-refractivity contribution in [2.24, 2.45) is 0 Å². The van der Waals surface area contributed by atoms with E-state index < -0.39 is 0 Å². The Morgan fingerprint density at radius 2 is 2.00 bits per heavy atom. The molecule has 0 saturated heterocycles. The van der Waals surface area contributed by atoms with E-state index in [-0.39, 0.29) is 5.82 Å². The SMILES string of the molecule is COc1cc(F)c(Br)c(Br)c1. The second-order valence-corrected chi connectivity index (χ2v) is 3.55. The molecule has 0 saturated carbocycles. The van der Waals surface area contributed by atoms with Gasteiger partial charge in [-0.2, -0.15) is 0 Å². The van der Waals surface area contributed by atoms with Crippen LogP contribution in [0.5, 0.6) is 5.75 Å². The Hall–Kier alpha value is -0.0900. The normalized spacial score (nSPS) is 9.82. The van der Waals surface area contributed by atoms with Crippen molar-refractivity contribution >= 4 is 31.9 Å². The van der Waals surface area contributed by atoms with Crippen LogP contribution in [0, 0.1) is 5.82 Å². The quantitative estimate of drug-likeness (QED) is 0.718. The molecule has 0 aromatic heterocycles. The highest BCUT2D eigenvalue weighted by Crippen LogP contribution is 2.30. The molecule has 1 nitrogen and oxygen atoms in total. The topological polar surface area (TPSA) is 9.23 Å². The molecule has 11 heavy (non-hydrogen) atoms. The standard InChI is InChI=1S/C7H5Br2FO/c1-11-4-2-5(8)7(9)6(10)3-4/h2-3H,1H3. The Morgan fingerprint density at radius 1 is 1.36 bits per heavy atom. The predicted octanol–water partition coefficient (Wildman–Crippen LogP) is 3.36. The smallest absolute Gasteiger partial charge is 0.142 e. The number of methoxy groups -OCH3 is 1. The molecule has 0 aliphatic rings. The highest BCUT2D eigenvalue weighted by atomic mass is 79.9. The highest BCUT2D eigenvalue weighted by molar-refractivity contribution is 9.13. The second kappa shape index (κ2) is 3.54. The minimum atomic E-state index is -0.337. The van der Waals surface area contributed by atoms with Crippen LogP contribution in [0.15, 0.2) is 21.1 Å². The average molecular weight is 284 g/mol. The number of benzene rings is 1. The first-order valence-corrected chi connectivity index (χ1v) is 4.42. The van der Waals surface area contributed by atoms with Gasteiger partial charge in [0, 0.05) is 10.5 Å². The monoisotopic (exact) mass is 282 g/mol. The summed E-state index contributed by atoms with van der Waals surface area (Å²) in [4.78, 5) is 0. The lowest BCUT2D eigenvalue weighted by Gasteiger charge is -2.02. The summed E-state index contributed by atoms with van der Waals surface area (Å²) in [5, 5.41) is 0. The summed E-state index contributed by atoms with van der Waals surface area (Å²) in [6, 6.07) is 3.00. The van der Waals surface area contributed by atoms with Gasteiger partial charge in [-0.3, -0.25) is 0 Å². The van der Waals surface area contributed by atoms with Crippen LogP contribution in [0.3, 0.4) is 0 Å². The van der Waals surface area contributed by atoms with Crippen molar-refractivity contribution in [2.75, 3.05) is 7.11 Å². The molecular weight excluding hydrogens is 279 g/mol. The molecule has 0 unspecified atom stereocenters. The molecule has 1 rings (SSSR count). The molecule has 0 atom stereocenters. The molecule has 0 radical (unpaired) electrons. The number of rotatable bonds is 1. The van der Waals surface area contributed by atoms with E-state index in [9.17, 15) is 4.39 Å². The van der Waals surface area contributed by atoms with Gasteiger partial charge in [0.25, 0.3) is 0 Å². The minimum Gasteiger partial charge on any atom is -0.497 e. The number of hydrogen-bond acceptors (Lipinski definition) is 1. The summed E-state index contributed by atoms with van der Waals surface area (Å²) in [6.45, 7) is 0. The van der Waals surface area contributed by atoms with Gasteiger partial charge in [-0.05, 0) is 37.9 Å². The summed E-state index contributed by atoms with van der Waals surface area (Å²) in [5.41, 5.74) is 0. The zero-order chi connectivity index (χ0) is 8.43. The van der Waals surface area contributed by atoms with Crippen molar-refractivity contribution in [3.05, 3.63) is 26.9 Å². The van der Waals surface area contributed by atoms with E-state index in [4.69, 9.17) is 4.74 Å². The Kier molecular flexibility index (Phi) is 2.90. The van der Waals surface area contributed by atoms with Crippen LogP contribution in [0.4, 0.5) is 4.39 Å². The maximum atomic E-state index is 12.9. The maximum Gasteiger partial charge on any atom is 0.142 e. The molecule has 0 heterocycles. The van der Waals surface area contributed by atoms with E-state index in [0.717, 1.165) is 0 Å². The van der Waals surface area contributed by atoms with Crippen LogP contribution in [-0.2, 0) is 0 Å². The lowest BCUT2D eigenvalue weighted by molar-refractivity contribution is 0.410. The maximum absolute atomic E-state index is 12.9. The van der Waals surface area contributed by atoms with E-state index in [1.165, 1.54) is 13.2 Å². The fraction of sp³-hybridized carbons (Fsp3) is 0.143. The number of hydrogen-bond donors (Lipinski definition) is 0. The molecule has 0 amide bonds. The predicted molar refractivity (Wildman–Crippen MR) is 48.4 cm³/mol. The van der Waals surface area contributed by atoms with Gasteiger partial charge in [0.05, 0.1) is 11.6 Å². The van der Waals surface area contributed by atoms with Crippen molar-refractivity contribution in [2.45, 2.75) is 0 Å². The highest BCUT2D eigenvalue weighted by Gasteiger charge is 2.05. The molecule has 60 valence electrons. The first kappa shape index (κ1) is 9.00. The van der Waals surface area contributed by atoms with Crippen molar-refractivity contribution in [1.29, 1.82) is 0 Å². The van der Waals surface area contributed by atoms with Gasteiger partial charge in [0.1, 0.15) is 11.6 Å². The first-order valence-electron chi connectivity index (χ1n) is 2.83. The van der Waals surface area contributed by atoms with Gasteiger partial charge in [0.15, 0.2) is 0 Å². The van der Waals surface area contributed by atoms with E-state index in [2.05, 4.69) is 31.9 Å². The molecule has 1 aromatic rings. The molecule has 0 aliphatic carbocycles. The first-order chi connectivity index (χ1) is 5.15. The number of ether oxygens (including phenoxy) is 1. The van der Waals surface area contributed by atoms with E-state index in [1.807, 2.05) is 0 Å². The van der Waals surface area contributed by atoms with Crippen LogP contribution >= 0.6 is 31.9 Å². The van der Waals surface area contributed by atoms with E-state index in [1.54, 1.807) is 6.07 Å². The third-order valence-electron chi connectivity index (χ3n) is 1.19. The summed E-state index contributed by atoms with van der Waals surface area (Å²) in [5.74, 6) is 0.161. The third kappa shape index (κ3) is 1.93. The molecule has 0 aliphatic heterocycles. The minimum absolute atomic E-state index is 0.337. The molecule has 0 N–H and O–H groups in total. The van der Waals surface area contributed by atoms with Crippen molar-refractivity contribution in [3.8, 4) is 5.75 Å². The van der Waals surface area contributed by atoms with Crippen LogP contribution in [-0.4, -0.2) is 7.11 Å². The van der Waals surface area contributed by atoms with Gasteiger partial charge < -0.3 is 4.74 Å². The number of halogens is 3. The summed E-state index contributed by atoms with van der Waals surface area (Å²) >= 11 is 6.24. The zero-order valence-electron chi connectivity index (χ0n) is 5.70. The van der Waals surface area contributed by atoms with Crippen LogP contribution in [0.1, 0.15) is 0 Å². The van der Waals surface area contributed by atoms with Crippen LogP contribution < -0.4 is 4.74 Å². The van der Waals surface area contributed by atoms with Crippen molar-refractivity contribution < 1.29 is 9.13 Å². The summed E-state index contributed by atoms with van der Waals surface area (Å²) in [6.07, 6.45) is 0. The van der Waals surface area contributed by atoms with Gasteiger partial charge in [0.2, 0.25) is 0 Å². The summed E-state index contributed by atoms with van der Waals surface area (Å²) in [7, 11) is 1.50.